The Hall–Kier alpha value is -4.82. The van der Waals surface area contributed by atoms with Crippen molar-refractivity contribution >= 4 is 44.9 Å². The molecule has 4 heterocycles. The second-order valence-electron chi connectivity index (χ2n) is 8.34. The van der Waals surface area contributed by atoms with Crippen molar-refractivity contribution in [1.82, 2.24) is 24.7 Å². The number of nitrogens with zero attached hydrogens (tertiary/aromatic N) is 7. The molecule has 198 valence electrons. The van der Waals surface area contributed by atoms with Crippen molar-refractivity contribution < 1.29 is 18.8 Å². The maximum Gasteiger partial charge on any atom is 0.324 e. The number of rotatable bonds is 9. The lowest BCUT2D eigenvalue weighted by molar-refractivity contribution is -0.380. The van der Waals surface area contributed by atoms with Gasteiger partial charge >= 0.3 is 5.00 Å². The molecule has 1 N–H and O–H groups in total. The molecule has 5 rings (SSSR count). The van der Waals surface area contributed by atoms with Crippen molar-refractivity contribution in [2.45, 2.75) is 0 Å². The largest absolute Gasteiger partial charge is 0.383 e. The molecule has 0 aliphatic heterocycles. The first-order valence-electron chi connectivity index (χ1n) is 11.6. The van der Waals surface area contributed by atoms with Gasteiger partial charge in [-0.05, 0) is 36.4 Å². The summed E-state index contributed by atoms with van der Waals surface area (Å²) in [6, 6.07) is 12.1. The summed E-state index contributed by atoms with van der Waals surface area (Å²) in [5, 5.41) is 18.4. The van der Waals surface area contributed by atoms with Crippen LogP contribution < -0.4 is 10.2 Å². The average Bonchev–Trinajstić information content (AvgIpc) is 3.60. The molecule has 5 aromatic rings. The van der Waals surface area contributed by atoms with Crippen LogP contribution >= 0.6 is 11.3 Å². The normalized spacial score (nSPS) is 11.1. The lowest BCUT2D eigenvalue weighted by Gasteiger charge is -2.17. The van der Waals surface area contributed by atoms with Crippen molar-refractivity contribution in [3.63, 3.8) is 0 Å². The summed E-state index contributed by atoms with van der Waals surface area (Å²) in [4.78, 5) is 39.3. The number of amides is 1. The van der Waals surface area contributed by atoms with E-state index in [1.54, 1.807) is 31.5 Å². The summed E-state index contributed by atoms with van der Waals surface area (Å²) in [5.74, 6) is 0.0719. The number of carbonyl (C=O) groups excluding carboxylic acids is 1. The van der Waals surface area contributed by atoms with Gasteiger partial charge in [-0.1, -0.05) is 17.4 Å². The van der Waals surface area contributed by atoms with E-state index in [9.17, 15) is 19.3 Å². The van der Waals surface area contributed by atoms with E-state index in [0.29, 0.717) is 35.4 Å². The van der Waals surface area contributed by atoms with Gasteiger partial charge < -0.3 is 15.0 Å². The van der Waals surface area contributed by atoms with Gasteiger partial charge in [-0.15, -0.1) is 0 Å². The van der Waals surface area contributed by atoms with Gasteiger partial charge in [0.2, 0.25) is 0 Å². The van der Waals surface area contributed by atoms with Crippen LogP contribution in [0.3, 0.4) is 0 Å². The number of carbonyl (C=O) groups is 1. The third-order valence-electron chi connectivity index (χ3n) is 5.74. The molecule has 4 aromatic heterocycles. The third kappa shape index (κ3) is 5.42. The number of thiophene rings is 1. The van der Waals surface area contributed by atoms with Crippen LogP contribution in [0.2, 0.25) is 0 Å². The number of benzene rings is 1. The second kappa shape index (κ2) is 10.9. The number of hydrogen-bond donors (Lipinski definition) is 1. The van der Waals surface area contributed by atoms with Crippen LogP contribution in [0.1, 0.15) is 9.67 Å². The highest BCUT2D eigenvalue weighted by atomic mass is 32.1. The quantitative estimate of drug-likeness (QED) is 0.210. The Morgan fingerprint density at radius 1 is 1.21 bits per heavy atom. The van der Waals surface area contributed by atoms with Crippen LogP contribution in [0.25, 0.3) is 28.1 Å². The number of aromatic nitrogens is 5. The Morgan fingerprint density at radius 3 is 2.74 bits per heavy atom. The Morgan fingerprint density at radius 2 is 2.05 bits per heavy atom. The number of hydrogen-bond acceptors (Lipinski definition) is 10. The number of nitrogens with one attached hydrogen (secondary N) is 1. The molecule has 0 spiro atoms. The summed E-state index contributed by atoms with van der Waals surface area (Å²) in [7, 11) is 3.52. The zero-order valence-corrected chi connectivity index (χ0v) is 21.6. The molecule has 39 heavy (non-hydrogen) atoms. The first kappa shape index (κ1) is 25.8. The fourth-order valence-corrected chi connectivity index (χ4v) is 4.45. The summed E-state index contributed by atoms with van der Waals surface area (Å²) >= 11 is 0.747. The van der Waals surface area contributed by atoms with Crippen LogP contribution in [-0.2, 0) is 4.74 Å². The molecule has 0 unspecified atom stereocenters. The highest BCUT2D eigenvalue weighted by Crippen LogP contribution is 2.29. The number of fused-ring (bicyclic) bond motifs is 1. The number of anilines is 2. The molecule has 1 amide bonds. The van der Waals surface area contributed by atoms with E-state index in [1.807, 2.05) is 18.0 Å². The summed E-state index contributed by atoms with van der Waals surface area (Å²) in [6.07, 6.45) is 3.07. The number of methoxy groups -OCH3 is 1. The lowest BCUT2D eigenvalue weighted by atomic mass is 10.2. The molecule has 0 saturated heterocycles. The van der Waals surface area contributed by atoms with Crippen molar-refractivity contribution in [2.75, 3.05) is 37.5 Å². The summed E-state index contributed by atoms with van der Waals surface area (Å²) in [5.41, 5.74) is 1.31. The molecule has 0 radical (unpaired) electrons. The molecule has 12 nitrogen and oxygen atoms in total. The first-order valence-corrected chi connectivity index (χ1v) is 12.4. The molecule has 0 aliphatic carbocycles. The Labute approximate surface area is 224 Å². The zero-order valence-electron chi connectivity index (χ0n) is 20.7. The van der Waals surface area contributed by atoms with Crippen molar-refractivity contribution in [1.29, 1.82) is 0 Å². The van der Waals surface area contributed by atoms with E-state index in [1.165, 1.54) is 35.1 Å². The highest BCUT2D eigenvalue weighted by Gasteiger charge is 2.20. The van der Waals surface area contributed by atoms with Crippen molar-refractivity contribution in [2.24, 2.45) is 0 Å². The van der Waals surface area contributed by atoms with Gasteiger partial charge in [0.1, 0.15) is 17.5 Å². The SMILES string of the molecule is COCCN(C)c1ccc(-c2nc(NC(=O)c3ccc([N+](=O)[O-])s3)c3cnn(-c4cccc(F)c4)c3n2)cn1. The van der Waals surface area contributed by atoms with Gasteiger partial charge in [0.05, 0.1) is 33.7 Å². The number of pyridine rings is 1. The van der Waals surface area contributed by atoms with Gasteiger partial charge in [0, 0.05) is 38.5 Å². The molecule has 0 saturated carbocycles. The van der Waals surface area contributed by atoms with Crippen LogP contribution in [0.5, 0.6) is 0 Å². The van der Waals surface area contributed by atoms with Gasteiger partial charge in [-0.25, -0.2) is 24.0 Å². The Kier molecular flexibility index (Phi) is 7.21. The van der Waals surface area contributed by atoms with Crippen molar-refractivity contribution in [3.8, 4) is 17.1 Å². The minimum atomic E-state index is -0.578. The number of ether oxygens (including phenoxy) is 1. The van der Waals surface area contributed by atoms with Crippen LogP contribution in [-0.4, -0.2) is 62.9 Å². The van der Waals surface area contributed by atoms with Crippen LogP contribution in [0.15, 0.2) is 60.9 Å². The van der Waals surface area contributed by atoms with E-state index in [2.05, 4.69) is 25.4 Å². The molecule has 0 atom stereocenters. The molecule has 0 aliphatic rings. The summed E-state index contributed by atoms with van der Waals surface area (Å²) in [6.45, 7) is 1.19. The predicted octanol–water partition coefficient (Wildman–Crippen LogP) is 4.32. The minimum absolute atomic E-state index is 0.137. The van der Waals surface area contributed by atoms with Gasteiger partial charge in [-0.2, -0.15) is 5.10 Å². The minimum Gasteiger partial charge on any atom is -0.383 e. The first-order chi connectivity index (χ1) is 18.8. The molecular weight excluding hydrogens is 527 g/mol. The molecule has 0 bridgehead atoms. The van der Waals surface area contributed by atoms with E-state index >= 15 is 0 Å². The highest BCUT2D eigenvalue weighted by molar-refractivity contribution is 7.17. The smallest absolute Gasteiger partial charge is 0.324 e. The molecular formula is C25H21FN8O4S. The fraction of sp³-hybridized carbons (Fsp3) is 0.160. The third-order valence-corrected chi connectivity index (χ3v) is 6.77. The van der Waals surface area contributed by atoms with Crippen LogP contribution in [0.4, 0.5) is 21.0 Å². The monoisotopic (exact) mass is 548 g/mol. The van der Waals surface area contributed by atoms with E-state index in [-0.39, 0.29) is 21.5 Å². The summed E-state index contributed by atoms with van der Waals surface area (Å²) < 4.78 is 20.5. The lowest BCUT2D eigenvalue weighted by Crippen LogP contribution is -2.22. The topological polar surface area (TPSA) is 141 Å². The predicted molar refractivity (Wildman–Crippen MR) is 144 cm³/mol. The fourth-order valence-electron chi connectivity index (χ4n) is 3.73. The number of likely N-dealkylation sites (N-methyl/N-ethyl adjacent to an activating group) is 1. The second-order valence-corrected chi connectivity index (χ2v) is 9.40. The average molecular weight is 549 g/mol. The Bertz CT molecular complexity index is 1670. The Balaban J connectivity index is 1.57. The van der Waals surface area contributed by atoms with Gasteiger partial charge in [0.25, 0.3) is 5.91 Å². The zero-order chi connectivity index (χ0) is 27.5. The maximum atomic E-state index is 14.0. The van der Waals surface area contributed by atoms with E-state index in [0.717, 1.165) is 17.2 Å². The molecule has 14 heteroatoms. The van der Waals surface area contributed by atoms with Crippen molar-refractivity contribution in [3.05, 3.63) is 81.7 Å². The van der Waals surface area contributed by atoms with Gasteiger partial charge in [-0.3, -0.25) is 14.9 Å². The van der Waals surface area contributed by atoms with E-state index in [4.69, 9.17) is 4.74 Å². The van der Waals surface area contributed by atoms with Crippen LogP contribution in [0, 0.1) is 15.9 Å². The van der Waals surface area contributed by atoms with E-state index < -0.39 is 16.6 Å². The molecule has 0 fully saturated rings. The standard InChI is InChI=1S/C25H21FN8O4S/c1-32(10-11-38-2)20-8-6-15(13-27-20)22-29-23(31-25(35)19-7-9-21(39-19)34(36)37)18-14-28-33(24(18)30-22)17-5-3-4-16(26)12-17/h3-9,12-14H,10-11H2,1-2H3,(H,29,30,31,35). The molecule has 1 aromatic carbocycles. The van der Waals surface area contributed by atoms with Gasteiger partial charge in [0.15, 0.2) is 11.5 Å². The maximum absolute atomic E-state index is 14.0. The number of nitro groups is 1. The number of halogens is 1.